The Morgan fingerprint density at radius 2 is 2.12 bits per heavy atom. The molecule has 2 heterocycles. The van der Waals surface area contributed by atoms with Crippen molar-refractivity contribution < 1.29 is 8.81 Å². The average Bonchev–Trinajstić information content (AvgIpc) is 3.19. The first-order chi connectivity index (χ1) is 11.7. The van der Waals surface area contributed by atoms with Crippen LogP contribution in [0.5, 0.6) is 0 Å². The number of benzene rings is 1. The molecular weight excluding hydrogens is 331 g/mol. The molecule has 0 aliphatic carbocycles. The highest BCUT2D eigenvalue weighted by atomic mass is 32.2. The Bertz CT molecular complexity index is 854. The third-order valence-electron chi connectivity index (χ3n) is 3.45. The molecule has 0 radical (unpaired) electrons. The molecule has 8 heteroatoms. The number of H-pyrrole nitrogens is 1. The van der Waals surface area contributed by atoms with Gasteiger partial charge < -0.3 is 4.42 Å². The summed E-state index contributed by atoms with van der Waals surface area (Å²) < 4.78 is 20.0. The molecule has 0 saturated heterocycles. The standard InChI is InChI=1S/C16H17FN4O2S/c1-2-3-8-21-15(22)19-20-16(21)24-10-13-9-23-14(18-13)11-4-6-12(17)7-5-11/h4-7,9H,2-3,8,10H2,1H3,(H,19,22). The summed E-state index contributed by atoms with van der Waals surface area (Å²) in [5.41, 5.74) is 1.25. The number of oxazole rings is 1. The highest BCUT2D eigenvalue weighted by Crippen LogP contribution is 2.23. The van der Waals surface area contributed by atoms with Gasteiger partial charge in [-0.2, -0.15) is 0 Å². The number of hydrogen-bond acceptors (Lipinski definition) is 5. The third kappa shape index (κ3) is 3.76. The van der Waals surface area contributed by atoms with E-state index in [1.165, 1.54) is 23.9 Å². The van der Waals surface area contributed by atoms with Crippen molar-refractivity contribution in [3.8, 4) is 11.5 Å². The molecule has 0 amide bonds. The lowest BCUT2D eigenvalue weighted by atomic mass is 10.2. The summed E-state index contributed by atoms with van der Waals surface area (Å²) >= 11 is 1.42. The van der Waals surface area contributed by atoms with Crippen molar-refractivity contribution in [1.82, 2.24) is 19.7 Å². The van der Waals surface area contributed by atoms with Crippen molar-refractivity contribution in [3.05, 3.63) is 52.5 Å². The van der Waals surface area contributed by atoms with Gasteiger partial charge in [-0.15, -0.1) is 5.10 Å². The summed E-state index contributed by atoms with van der Waals surface area (Å²) in [5, 5.41) is 7.16. The number of aromatic nitrogens is 4. The Labute approximate surface area is 142 Å². The van der Waals surface area contributed by atoms with Crippen molar-refractivity contribution >= 4 is 11.8 Å². The predicted molar refractivity (Wildman–Crippen MR) is 89.2 cm³/mol. The van der Waals surface area contributed by atoms with Gasteiger partial charge in [0.25, 0.3) is 0 Å². The molecule has 0 bridgehead atoms. The molecule has 0 atom stereocenters. The molecule has 126 valence electrons. The lowest BCUT2D eigenvalue weighted by molar-refractivity contribution is 0.571. The van der Waals surface area contributed by atoms with Crippen LogP contribution in [0.4, 0.5) is 4.39 Å². The lowest BCUT2D eigenvalue weighted by Crippen LogP contribution is -2.17. The zero-order valence-electron chi connectivity index (χ0n) is 13.2. The maximum absolute atomic E-state index is 13.0. The van der Waals surface area contributed by atoms with Gasteiger partial charge in [-0.25, -0.2) is 19.3 Å². The molecule has 3 aromatic rings. The van der Waals surface area contributed by atoms with Crippen LogP contribution >= 0.6 is 11.8 Å². The fourth-order valence-electron chi connectivity index (χ4n) is 2.16. The number of rotatable bonds is 7. The van der Waals surface area contributed by atoms with Gasteiger partial charge in [-0.05, 0) is 30.7 Å². The lowest BCUT2D eigenvalue weighted by Gasteiger charge is -2.02. The third-order valence-corrected chi connectivity index (χ3v) is 4.46. The van der Waals surface area contributed by atoms with Gasteiger partial charge in [0.2, 0.25) is 5.89 Å². The molecule has 24 heavy (non-hydrogen) atoms. The second-order valence-electron chi connectivity index (χ2n) is 5.26. The van der Waals surface area contributed by atoms with Crippen LogP contribution in [0.25, 0.3) is 11.5 Å². The van der Waals surface area contributed by atoms with E-state index in [9.17, 15) is 9.18 Å². The van der Waals surface area contributed by atoms with Crippen molar-refractivity contribution in [2.24, 2.45) is 0 Å². The van der Waals surface area contributed by atoms with E-state index < -0.39 is 0 Å². The molecule has 0 aliphatic heterocycles. The predicted octanol–water partition coefficient (Wildman–Crippen LogP) is 3.46. The summed E-state index contributed by atoms with van der Waals surface area (Å²) in [6, 6.07) is 5.97. The summed E-state index contributed by atoms with van der Waals surface area (Å²) in [7, 11) is 0. The second kappa shape index (κ2) is 7.48. The summed E-state index contributed by atoms with van der Waals surface area (Å²) in [5.74, 6) is 0.668. The van der Waals surface area contributed by atoms with Crippen LogP contribution in [0, 0.1) is 5.82 Å². The molecule has 6 nitrogen and oxygen atoms in total. The van der Waals surface area contributed by atoms with Gasteiger partial charge >= 0.3 is 5.69 Å². The zero-order chi connectivity index (χ0) is 16.9. The molecule has 0 unspecified atom stereocenters. The fourth-order valence-corrected chi connectivity index (χ4v) is 3.01. The minimum Gasteiger partial charge on any atom is -0.444 e. The Balaban J connectivity index is 1.68. The normalized spacial score (nSPS) is 11.1. The van der Waals surface area contributed by atoms with Gasteiger partial charge in [0.15, 0.2) is 5.16 Å². The number of halogens is 1. The molecule has 3 rings (SSSR count). The van der Waals surface area contributed by atoms with Gasteiger partial charge in [-0.3, -0.25) is 4.57 Å². The monoisotopic (exact) mass is 348 g/mol. The second-order valence-corrected chi connectivity index (χ2v) is 6.20. The van der Waals surface area contributed by atoms with Crippen molar-refractivity contribution in [2.45, 2.75) is 37.2 Å². The van der Waals surface area contributed by atoms with Crippen molar-refractivity contribution in [1.29, 1.82) is 0 Å². The van der Waals surface area contributed by atoms with Gasteiger partial charge in [0.05, 0.1) is 5.69 Å². The van der Waals surface area contributed by atoms with E-state index in [4.69, 9.17) is 4.42 Å². The van der Waals surface area contributed by atoms with Crippen LogP contribution in [0.3, 0.4) is 0 Å². The number of aromatic amines is 1. The van der Waals surface area contributed by atoms with Crippen molar-refractivity contribution in [2.75, 3.05) is 0 Å². The minimum absolute atomic E-state index is 0.196. The fraction of sp³-hybridized carbons (Fsp3) is 0.312. The largest absolute Gasteiger partial charge is 0.444 e. The Kier molecular flexibility index (Phi) is 5.14. The quantitative estimate of drug-likeness (QED) is 0.662. The van der Waals surface area contributed by atoms with Gasteiger partial charge in [-0.1, -0.05) is 25.1 Å². The van der Waals surface area contributed by atoms with Crippen LogP contribution in [0.15, 0.2) is 44.9 Å². The van der Waals surface area contributed by atoms with Gasteiger partial charge in [0, 0.05) is 17.9 Å². The van der Waals surface area contributed by atoms with Crippen LogP contribution in [0.2, 0.25) is 0 Å². The van der Waals surface area contributed by atoms with Crippen molar-refractivity contribution in [3.63, 3.8) is 0 Å². The average molecular weight is 348 g/mol. The summed E-state index contributed by atoms with van der Waals surface area (Å²) in [6.45, 7) is 2.72. The molecule has 1 aromatic carbocycles. The highest BCUT2D eigenvalue weighted by Gasteiger charge is 2.11. The summed E-state index contributed by atoms with van der Waals surface area (Å²) in [6.07, 6.45) is 3.49. The Morgan fingerprint density at radius 1 is 1.33 bits per heavy atom. The number of nitrogens with zero attached hydrogens (tertiary/aromatic N) is 3. The maximum Gasteiger partial charge on any atom is 0.343 e. The SMILES string of the molecule is CCCCn1c(SCc2coc(-c3ccc(F)cc3)n2)n[nH]c1=O. The first-order valence-electron chi connectivity index (χ1n) is 7.65. The molecule has 0 saturated carbocycles. The number of hydrogen-bond donors (Lipinski definition) is 1. The van der Waals surface area contributed by atoms with Crippen LogP contribution < -0.4 is 5.69 Å². The molecular formula is C16H17FN4O2S. The molecule has 2 aromatic heterocycles. The van der Waals surface area contributed by atoms with E-state index in [0.717, 1.165) is 18.5 Å². The summed E-state index contributed by atoms with van der Waals surface area (Å²) in [4.78, 5) is 16.1. The first kappa shape index (κ1) is 16.5. The van der Waals surface area contributed by atoms with Crippen LogP contribution in [0.1, 0.15) is 25.5 Å². The number of nitrogens with one attached hydrogen (secondary N) is 1. The van der Waals surface area contributed by atoms with E-state index in [2.05, 4.69) is 22.1 Å². The topological polar surface area (TPSA) is 76.7 Å². The van der Waals surface area contributed by atoms with E-state index >= 15 is 0 Å². The first-order valence-corrected chi connectivity index (χ1v) is 8.64. The van der Waals surface area contributed by atoms with Crippen LogP contribution in [-0.4, -0.2) is 19.7 Å². The van der Waals surface area contributed by atoms with E-state index in [-0.39, 0.29) is 11.5 Å². The van der Waals surface area contributed by atoms with E-state index in [1.807, 2.05) is 0 Å². The number of thioether (sulfide) groups is 1. The number of unbranched alkanes of at least 4 members (excludes halogenated alkanes) is 1. The van der Waals surface area contributed by atoms with Crippen LogP contribution in [-0.2, 0) is 12.3 Å². The van der Waals surface area contributed by atoms with E-state index in [1.54, 1.807) is 23.0 Å². The molecule has 0 fully saturated rings. The Morgan fingerprint density at radius 3 is 2.88 bits per heavy atom. The molecule has 0 aliphatic rings. The maximum atomic E-state index is 13.0. The Hall–Kier alpha value is -2.35. The molecule has 0 spiro atoms. The van der Waals surface area contributed by atoms with E-state index in [0.29, 0.717) is 28.9 Å². The smallest absolute Gasteiger partial charge is 0.343 e. The van der Waals surface area contributed by atoms with Gasteiger partial charge in [0.1, 0.15) is 12.1 Å². The zero-order valence-corrected chi connectivity index (χ0v) is 14.0. The molecule has 1 N–H and O–H groups in total. The minimum atomic E-state index is -0.301. The highest BCUT2D eigenvalue weighted by molar-refractivity contribution is 7.98.